The van der Waals surface area contributed by atoms with E-state index in [1.54, 1.807) is 0 Å². The van der Waals surface area contributed by atoms with Crippen molar-refractivity contribution in [1.82, 2.24) is 0 Å². The normalized spacial score (nSPS) is 12.5. The van der Waals surface area contributed by atoms with E-state index in [0.717, 1.165) is 12.1 Å². The zero-order valence-electron chi connectivity index (χ0n) is 9.13. The lowest BCUT2D eigenvalue weighted by atomic mass is 9.99. The summed E-state index contributed by atoms with van der Waals surface area (Å²) in [6.45, 7) is 0. The van der Waals surface area contributed by atoms with Gasteiger partial charge >= 0.3 is 0 Å². The fourth-order valence-electron chi connectivity index (χ4n) is 1.60. The molecule has 2 aromatic rings. The molecule has 2 aromatic carbocycles. The van der Waals surface area contributed by atoms with Crippen LogP contribution in [-0.2, 0) is 0 Å². The molecule has 1 atom stereocenters. The van der Waals surface area contributed by atoms with Crippen LogP contribution in [0.15, 0.2) is 36.4 Å². The van der Waals surface area contributed by atoms with Crippen LogP contribution in [0.3, 0.4) is 0 Å². The Balaban J connectivity index is 2.37. The minimum absolute atomic E-state index is 0.0174. The highest BCUT2D eigenvalue weighted by Gasteiger charge is 2.13. The van der Waals surface area contributed by atoms with Crippen LogP contribution < -0.4 is 5.73 Å². The molecule has 1 nitrogen and oxygen atoms in total. The third kappa shape index (κ3) is 2.49. The highest BCUT2D eigenvalue weighted by Crippen LogP contribution is 2.24. The molecule has 2 rings (SSSR count). The van der Waals surface area contributed by atoms with Crippen molar-refractivity contribution in [3.63, 3.8) is 0 Å². The molecular weight excluding hydrogens is 263 g/mol. The smallest absolute Gasteiger partial charge is 0.159 e. The Morgan fingerprint density at radius 3 is 1.94 bits per heavy atom. The highest BCUT2D eigenvalue weighted by molar-refractivity contribution is 6.30. The summed E-state index contributed by atoms with van der Waals surface area (Å²) < 4.78 is 39.1. The molecule has 0 fully saturated rings. The summed E-state index contributed by atoms with van der Waals surface area (Å²) in [7, 11) is 0. The molecule has 0 heterocycles. The Morgan fingerprint density at radius 2 is 1.39 bits per heavy atom. The van der Waals surface area contributed by atoms with Crippen molar-refractivity contribution in [2.24, 2.45) is 5.73 Å². The summed E-state index contributed by atoms with van der Waals surface area (Å²) in [5, 5.41) is -0.0174. The van der Waals surface area contributed by atoms with Crippen LogP contribution in [0, 0.1) is 17.5 Å². The van der Waals surface area contributed by atoms with Gasteiger partial charge in [-0.1, -0.05) is 23.7 Å². The first-order chi connectivity index (χ1) is 8.49. The van der Waals surface area contributed by atoms with Crippen molar-refractivity contribution in [2.75, 3.05) is 0 Å². The maximum atomic E-state index is 13.3. The molecule has 0 spiro atoms. The van der Waals surface area contributed by atoms with E-state index in [0.29, 0.717) is 11.1 Å². The second kappa shape index (κ2) is 5.00. The molecule has 18 heavy (non-hydrogen) atoms. The number of halogens is 4. The molecule has 0 saturated heterocycles. The molecule has 94 valence electrons. The van der Waals surface area contributed by atoms with E-state index in [2.05, 4.69) is 0 Å². The van der Waals surface area contributed by atoms with Gasteiger partial charge in [-0.25, -0.2) is 13.2 Å². The second-order valence-corrected chi connectivity index (χ2v) is 4.23. The van der Waals surface area contributed by atoms with Crippen molar-refractivity contribution >= 4 is 11.6 Å². The molecule has 0 aliphatic heterocycles. The summed E-state index contributed by atoms with van der Waals surface area (Å²) in [6, 6.07) is 6.67. The molecule has 1 unspecified atom stereocenters. The first-order valence-electron chi connectivity index (χ1n) is 5.14. The lowest BCUT2D eigenvalue weighted by Crippen LogP contribution is -2.12. The third-order valence-corrected chi connectivity index (χ3v) is 2.91. The molecule has 0 aromatic heterocycles. The maximum absolute atomic E-state index is 13.3. The van der Waals surface area contributed by atoms with Crippen molar-refractivity contribution in [3.05, 3.63) is 70.0 Å². The van der Waals surface area contributed by atoms with E-state index in [4.69, 9.17) is 17.3 Å². The Morgan fingerprint density at radius 1 is 0.833 bits per heavy atom. The van der Waals surface area contributed by atoms with Crippen molar-refractivity contribution in [2.45, 2.75) is 6.04 Å². The summed E-state index contributed by atoms with van der Waals surface area (Å²) in [5.41, 5.74) is 6.65. The molecule has 0 radical (unpaired) electrons. The van der Waals surface area contributed by atoms with Crippen molar-refractivity contribution < 1.29 is 13.2 Å². The summed E-state index contributed by atoms with van der Waals surface area (Å²) >= 11 is 5.55. The van der Waals surface area contributed by atoms with Crippen LogP contribution in [0.2, 0.25) is 5.02 Å². The van der Waals surface area contributed by atoms with E-state index in [1.807, 2.05) is 0 Å². The second-order valence-electron chi connectivity index (χ2n) is 3.82. The van der Waals surface area contributed by atoms with Gasteiger partial charge in [0.15, 0.2) is 11.6 Å². The van der Waals surface area contributed by atoms with Crippen molar-refractivity contribution in [1.29, 1.82) is 0 Å². The lowest BCUT2D eigenvalue weighted by molar-refractivity contribution is 0.506. The van der Waals surface area contributed by atoms with Crippen LogP contribution in [-0.4, -0.2) is 0 Å². The number of hydrogen-bond donors (Lipinski definition) is 1. The molecule has 0 aliphatic carbocycles. The topological polar surface area (TPSA) is 26.0 Å². The summed E-state index contributed by atoms with van der Waals surface area (Å²) in [4.78, 5) is 0. The van der Waals surface area contributed by atoms with Crippen molar-refractivity contribution in [3.8, 4) is 0 Å². The fraction of sp³-hybridized carbons (Fsp3) is 0.0769. The van der Waals surface area contributed by atoms with Gasteiger partial charge in [0, 0.05) is 0 Å². The lowest BCUT2D eigenvalue weighted by Gasteiger charge is -2.13. The van der Waals surface area contributed by atoms with Gasteiger partial charge in [0.25, 0.3) is 0 Å². The number of rotatable bonds is 2. The zero-order valence-corrected chi connectivity index (χ0v) is 9.89. The predicted octanol–water partition coefficient (Wildman–Crippen LogP) is 3.81. The van der Waals surface area contributed by atoms with Crippen LogP contribution in [0.25, 0.3) is 0 Å². The number of benzene rings is 2. The Labute approximate surface area is 107 Å². The van der Waals surface area contributed by atoms with Gasteiger partial charge in [-0.3, -0.25) is 0 Å². The molecule has 0 bridgehead atoms. The van der Waals surface area contributed by atoms with E-state index in [-0.39, 0.29) is 5.02 Å². The minimum Gasteiger partial charge on any atom is -0.320 e. The van der Waals surface area contributed by atoms with Crippen LogP contribution in [0.1, 0.15) is 17.2 Å². The standard InChI is InChI=1S/C13H9ClF3N/c14-9-3-1-7(5-11(9)16)13(18)8-2-4-10(15)12(17)6-8/h1-6,13H,18H2. The van der Waals surface area contributed by atoms with Gasteiger partial charge < -0.3 is 5.73 Å². The van der Waals surface area contributed by atoms with E-state index >= 15 is 0 Å². The fourth-order valence-corrected chi connectivity index (χ4v) is 1.72. The first-order valence-corrected chi connectivity index (χ1v) is 5.52. The Kier molecular flexibility index (Phi) is 3.59. The Bertz CT molecular complexity index is 535. The summed E-state index contributed by atoms with van der Waals surface area (Å²) in [6.07, 6.45) is 0. The van der Waals surface area contributed by atoms with E-state index < -0.39 is 23.5 Å². The van der Waals surface area contributed by atoms with Crippen LogP contribution in [0.4, 0.5) is 13.2 Å². The SMILES string of the molecule is NC(c1ccc(F)c(F)c1)c1ccc(Cl)c(F)c1. The Hall–Kier alpha value is -1.52. The first kappa shape index (κ1) is 12.9. The molecule has 0 saturated carbocycles. The molecule has 2 N–H and O–H groups in total. The predicted molar refractivity (Wildman–Crippen MR) is 63.8 cm³/mol. The van der Waals surface area contributed by atoms with Crippen LogP contribution >= 0.6 is 11.6 Å². The third-order valence-electron chi connectivity index (χ3n) is 2.61. The molecule has 0 amide bonds. The molecule has 0 aliphatic rings. The highest BCUT2D eigenvalue weighted by atomic mass is 35.5. The van der Waals surface area contributed by atoms with Gasteiger partial charge in [-0.05, 0) is 35.4 Å². The summed E-state index contributed by atoms with van der Waals surface area (Å²) in [5.74, 6) is -2.54. The van der Waals surface area contributed by atoms with Gasteiger partial charge in [-0.15, -0.1) is 0 Å². The van der Waals surface area contributed by atoms with Gasteiger partial charge in [0.05, 0.1) is 11.1 Å². The van der Waals surface area contributed by atoms with E-state index in [1.165, 1.54) is 24.3 Å². The maximum Gasteiger partial charge on any atom is 0.159 e. The zero-order chi connectivity index (χ0) is 13.3. The molecule has 5 heteroatoms. The largest absolute Gasteiger partial charge is 0.320 e. The average molecular weight is 272 g/mol. The molecular formula is C13H9ClF3N. The quantitative estimate of drug-likeness (QED) is 0.883. The minimum atomic E-state index is -0.989. The number of hydrogen-bond acceptors (Lipinski definition) is 1. The monoisotopic (exact) mass is 271 g/mol. The van der Waals surface area contributed by atoms with E-state index in [9.17, 15) is 13.2 Å². The van der Waals surface area contributed by atoms with Gasteiger partial charge in [-0.2, -0.15) is 0 Å². The van der Waals surface area contributed by atoms with Gasteiger partial charge in [0.2, 0.25) is 0 Å². The van der Waals surface area contributed by atoms with Crippen LogP contribution in [0.5, 0.6) is 0 Å². The average Bonchev–Trinajstić information content (AvgIpc) is 2.35. The van der Waals surface area contributed by atoms with Gasteiger partial charge in [0.1, 0.15) is 5.82 Å². The number of nitrogens with two attached hydrogens (primary N) is 1.